The second-order valence-corrected chi connectivity index (χ2v) is 8.32. The second kappa shape index (κ2) is 9.63. The summed E-state index contributed by atoms with van der Waals surface area (Å²) < 4.78 is 7.89. The molecule has 1 N–H and O–H groups in total. The summed E-state index contributed by atoms with van der Waals surface area (Å²) in [5, 5.41) is 3.25. The number of likely N-dealkylation sites (N-methyl/N-ethyl adjacent to an activating group) is 1. The topological polar surface area (TPSA) is 42.3 Å². The summed E-state index contributed by atoms with van der Waals surface area (Å²) in [5.74, 6) is 2.50. The van der Waals surface area contributed by atoms with E-state index in [-0.39, 0.29) is 0 Å². The number of nitrogens with one attached hydrogen (secondary N) is 1. The molecule has 160 valence electrons. The number of nitrogens with zero attached hydrogens (tertiary/aromatic N) is 3. The Morgan fingerprint density at radius 2 is 2.03 bits per heavy atom. The van der Waals surface area contributed by atoms with E-state index in [1.165, 1.54) is 37.0 Å². The highest BCUT2D eigenvalue weighted by Crippen LogP contribution is 2.32. The third kappa shape index (κ3) is 4.37. The Hall–Kier alpha value is -2.37. The molecule has 1 aromatic carbocycles. The van der Waals surface area contributed by atoms with E-state index in [4.69, 9.17) is 9.72 Å². The number of methoxy groups -OCH3 is 1. The van der Waals surface area contributed by atoms with Crippen molar-refractivity contribution in [2.45, 2.75) is 31.6 Å². The number of imidazole rings is 1. The molecule has 5 heteroatoms. The Bertz CT molecular complexity index is 961. The Morgan fingerprint density at radius 3 is 2.80 bits per heavy atom. The highest BCUT2D eigenvalue weighted by molar-refractivity contribution is 5.84. The van der Waals surface area contributed by atoms with Crippen molar-refractivity contribution in [3.05, 3.63) is 59.7 Å². The van der Waals surface area contributed by atoms with Crippen LogP contribution in [0.25, 0.3) is 16.6 Å². The van der Waals surface area contributed by atoms with Crippen LogP contribution in [0, 0.1) is 0 Å². The molecule has 1 fully saturated rings. The average Bonchev–Trinajstić information content (AvgIpc) is 3.08. The second-order valence-electron chi connectivity index (χ2n) is 8.32. The SMILES string of the molecule is CNCCN1CCC(c2ccc3c(c2)nc(C2=C/C=C\CC\C=C\2OC)n3C)CC1. The van der Waals surface area contributed by atoms with Crippen LogP contribution in [0.5, 0.6) is 0 Å². The lowest BCUT2D eigenvalue weighted by Gasteiger charge is -2.32. The maximum atomic E-state index is 5.70. The minimum atomic E-state index is 0.628. The third-order valence-corrected chi connectivity index (χ3v) is 6.43. The zero-order chi connectivity index (χ0) is 20.9. The maximum absolute atomic E-state index is 5.70. The van der Waals surface area contributed by atoms with Crippen molar-refractivity contribution >= 4 is 16.6 Å². The van der Waals surface area contributed by atoms with Crippen LogP contribution in [0.2, 0.25) is 0 Å². The molecular weight excluding hydrogens is 372 g/mol. The summed E-state index contributed by atoms with van der Waals surface area (Å²) in [4.78, 5) is 7.61. The number of hydrogen-bond donors (Lipinski definition) is 1. The number of aryl methyl sites for hydroxylation is 1. The Balaban J connectivity index is 1.59. The molecule has 0 amide bonds. The molecular formula is C25H34N4O. The first-order valence-electron chi connectivity index (χ1n) is 11.2. The number of hydrogen-bond acceptors (Lipinski definition) is 4. The van der Waals surface area contributed by atoms with Crippen LogP contribution < -0.4 is 5.32 Å². The van der Waals surface area contributed by atoms with Gasteiger partial charge in [-0.15, -0.1) is 0 Å². The predicted octanol–water partition coefficient (Wildman–Crippen LogP) is 4.24. The molecule has 2 heterocycles. The van der Waals surface area contributed by atoms with Crippen molar-refractivity contribution < 1.29 is 4.74 Å². The van der Waals surface area contributed by atoms with E-state index >= 15 is 0 Å². The monoisotopic (exact) mass is 406 g/mol. The summed E-state index contributed by atoms with van der Waals surface area (Å²) in [6.07, 6.45) is 13.1. The zero-order valence-electron chi connectivity index (χ0n) is 18.5. The van der Waals surface area contributed by atoms with Crippen LogP contribution in [-0.4, -0.2) is 54.8 Å². The molecule has 1 aliphatic heterocycles. The summed E-state index contributed by atoms with van der Waals surface area (Å²) in [6, 6.07) is 6.85. The third-order valence-electron chi connectivity index (χ3n) is 6.43. The molecule has 1 aliphatic carbocycles. The van der Waals surface area contributed by atoms with E-state index < -0.39 is 0 Å². The number of piperidine rings is 1. The fraction of sp³-hybridized carbons (Fsp3) is 0.480. The van der Waals surface area contributed by atoms with Crippen LogP contribution in [0.3, 0.4) is 0 Å². The molecule has 2 aromatic rings. The number of rotatable bonds is 6. The van der Waals surface area contributed by atoms with Gasteiger partial charge in [-0.3, -0.25) is 0 Å². The fourth-order valence-corrected chi connectivity index (χ4v) is 4.61. The first kappa shape index (κ1) is 20.9. The number of ether oxygens (including phenoxy) is 1. The lowest BCUT2D eigenvalue weighted by Crippen LogP contribution is -2.37. The smallest absolute Gasteiger partial charge is 0.144 e. The quantitative estimate of drug-likeness (QED) is 0.779. The van der Waals surface area contributed by atoms with Crippen molar-refractivity contribution in [3.63, 3.8) is 0 Å². The van der Waals surface area contributed by atoms with Crippen molar-refractivity contribution in [1.29, 1.82) is 0 Å². The van der Waals surface area contributed by atoms with Crippen molar-refractivity contribution in [2.24, 2.45) is 7.05 Å². The molecule has 0 spiro atoms. The van der Waals surface area contributed by atoms with E-state index in [0.717, 1.165) is 48.6 Å². The highest BCUT2D eigenvalue weighted by atomic mass is 16.5. The summed E-state index contributed by atoms with van der Waals surface area (Å²) >= 11 is 0. The van der Waals surface area contributed by atoms with E-state index in [1.807, 2.05) is 7.05 Å². The molecule has 5 nitrogen and oxygen atoms in total. The number of allylic oxidation sites excluding steroid dienone is 5. The Kier molecular flexibility index (Phi) is 6.70. The molecule has 0 radical (unpaired) electrons. The van der Waals surface area contributed by atoms with Gasteiger partial charge in [-0.05, 0) is 81.6 Å². The van der Waals surface area contributed by atoms with Crippen molar-refractivity contribution in [2.75, 3.05) is 40.3 Å². The minimum Gasteiger partial charge on any atom is -0.496 e. The van der Waals surface area contributed by atoms with E-state index in [0.29, 0.717) is 5.92 Å². The molecule has 1 saturated heterocycles. The molecule has 30 heavy (non-hydrogen) atoms. The van der Waals surface area contributed by atoms with E-state index in [2.05, 4.69) is 64.3 Å². The van der Waals surface area contributed by atoms with Gasteiger partial charge in [0.2, 0.25) is 0 Å². The maximum Gasteiger partial charge on any atom is 0.144 e. The normalized spacial score (nSPS) is 23.3. The first-order chi connectivity index (χ1) is 14.7. The average molecular weight is 407 g/mol. The summed E-state index contributed by atoms with van der Waals surface area (Å²) in [5.41, 5.74) is 4.72. The molecule has 4 rings (SSSR count). The number of aromatic nitrogens is 2. The van der Waals surface area contributed by atoms with Gasteiger partial charge in [0.25, 0.3) is 0 Å². The van der Waals surface area contributed by atoms with Crippen LogP contribution in [-0.2, 0) is 11.8 Å². The van der Waals surface area contributed by atoms with Crippen LogP contribution in [0.15, 0.2) is 48.3 Å². The number of likely N-dealkylation sites (tertiary alicyclic amines) is 1. The van der Waals surface area contributed by atoms with Gasteiger partial charge in [0, 0.05) is 20.1 Å². The van der Waals surface area contributed by atoms with E-state index in [1.54, 1.807) is 7.11 Å². The van der Waals surface area contributed by atoms with Crippen molar-refractivity contribution in [1.82, 2.24) is 19.8 Å². The van der Waals surface area contributed by atoms with Gasteiger partial charge in [0.1, 0.15) is 11.6 Å². The lowest BCUT2D eigenvalue weighted by molar-refractivity contribution is 0.214. The number of fused-ring (bicyclic) bond motifs is 1. The largest absolute Gasteiger partial charge is 0.496 e. The van der Waals surface area contributed by atoms with Gasteiger partial charge in [-0.1, -0.05) is 18.2 Å². The predicted molar refractivity (Wildman–Crippen MR) is 124 cm³/mol. The van der Waals surface area contributed by atoms with Gasteiger partial charge in [0.05, 0.1) is 23.7 Å². The van der Waals surface area contributed by atoms with Gasteiger partial charge in [-0.2, -0.15) is 0 Å². The molecule has 2 aliphatic rings. The van der Waals surface area contributed by atoms with Gasteiger partial charge in [-0.25, -0.2) is 4.98 Å². The Labute approximate surface area is 180 Å². The molecule has 0 unspecified atom stereocenters. The summed E-state index contributed by atoms with van der Waals surface area (Å²) in [7, 11) is 5.87. The van der Waals surface area contributed by atoms with Gasteiger partial charge < -0.3 is 19.5 Å². The van der Waals surface area contributed by atoms with Gasteiger partial charge in [0.15, 0.2) is 0 Å². The van der Waals surface area contributed by atoms with Crippen LogP contribution in [0.1, 0.15) is 43.0 Å². The molecule has 0 saturated carbocycles. The lowest BCUT2D eigenvalue weighted by atomic mass is 9.89. The van der Waals surface area contributed by atoms with Crippen molar-refractivity contribution in [3.8, 4) is 0 Å². The summed E-state index contributed by atoms with van der Waals surface area (Å²) in [6.45, 7) is 4.57. The molecule has 0 bridgehead atoms. The van der Waals surface area contributed by atoms with E-state index in [9.17, 15) is 0 Å². The first-order valence-corrected chi connectivity index (χ1v) is 11.2. The standard InChI is InChI=1S/C25H34N4O/c1-26-14-17-29-15-12-19(13-16-29)20-10-11-23-22(18-20)27-25(28(23)2)21-8-6-4-5-7-9-24(21)30-3/h4,6,8-11,18-19,26H,5,7,12-17H2,1-3H3/b6-4-,21-8+,24-9-. The fourth-order valence-electron chi connectivity index (χ4n) is 4.61. The number of benzene rings is 1. The van der Waals surface area contributed by atoms with Crippen LogP contribution in [0.4, 0.5) is 0 Å². The molecule has 0 atom stereocenters. The Morgan fingerprint density at radius 1 is 1.20 bits per heavy atom. The van der Waals surface area contributed by atoms with Crippen LogP contribution >= 0.6 is 0 Å². The zero-order valence-corrected chi connectivity index (χ0v) is 18.5. The molecule has 1 aromatic heterocycles. The van der Waals surface area contributed by atoms with Gasteiger partial charge >= 0.3 is 0 Å². The minimum absolute atomic E-state index is 0.628. The highest BCUT2D eigenvalue weighted by Gasteiger charge is 2.22.